The Labute approximate surface area is 96.0 Å². The molecule has 1 fully saturated rings. The molecule has 0 aromatic carbocycles. The smallest absolute Gasteiger partial charge is 0.333 e. The lowest BCUT2D eigenvalue weighted by Gasteiger charge is -2.07. The zero-order valence-electron chi connectivity index (χ0n) is 9.75. The van der Waals surface area contributed by atoms with Crippen molar-refractivity contribution in [3.05, 3.63) is 12.2 Å². The van der Waals surface area contributed by atoms with Crippen LogP contribution in [0.3, 0.4) is 0 Å². The van der Waals surface area contributed by atoms with Gasteiger partial charge in [0.15, 0.2) is 0 Å². The molecule has 0 saturated carbocycles. The van der Waals surface area contributed by atoms with E-state index in [1.165, 1.54) is 0 Å². The highest BCUT2D eigenvalue weighted by molar-refractivity contribution is 5.86. The molecule has 0 aromatic heterocycles. The van der Waals surface area contributed by atoms with E-state index in [0.29, 0.717) is 24.5 Å². The third-order valence-electron chi connectivity index (χ3n) is 2.65. The van der Waals surface area contributed by atoms with E-state index in [4.69, 9.17) is 4.74 Å². The zero-order chi connectivity index (χ0) is 12.0. The maximum Gasteiger partial charge on any atom is 0.333 e. The summed E-state index contributed by atoms with van der Waals surface area (Å²) in [5.74, 6) is 0.292. The van der Waals surface area contributed by atoms with E-state index < -0.39 is 0 Å². The van der Waals surface area contributed by atoms with Gasteiger partial charge in [0.05, 0.1) is 6.61 Å². The molecule has 1 unspecified atom stereocenters. The third kappa shape index (κ3) is 4.47. The van der Waals surface area contributed by atoms with Gasteiger partial charge in [0.1, 0.15) is 0 Å². The second kappa shape index (κ2) is 6.30. The molecule has 1 heterocycles. The standard InChI is InChI=1S/C12H19NO3/c1-9(2)12(15)16-6-4-3-5-10-7-11(14)13-8-10/h10H,1,3-8H2,2H3,(H,13,14). The number of hydrogen-bond acceptors (Lipinski definition) is 3. The Bertz CT molecular complexity index is 286. The van der Waals surface area contributed by atoms with Gasteiger partial charge in [-0.2, -0.15) is 0 Å². The fourth-order valence-corrected chi connectivity index (χ4v) is 1.69. The van der Waals surface area contributed by atoms with E-state index in [1.807, 2.05) is 0 Å². The van der Waals surface area contributed by atoms with Crippen molar-refractivity contribution in [1.82, 2.24) is 5.32 Å². The number of unbranched alkanes of at least 4 members (excludes halogenated alkanes) is 1. The normalized spacial score (nSPS) is 19.3. The number of amides is 1. The Kier molecular flexibility index (Phi) is 5.02. The fraction of sp³-hybridized carbons (Fsp3) is 0.667. The van der Waals surface area contributed by atoms with Gasteiger partial charge in [-0.1, -0.05) is 6.58 Å². The first-order chi connectivity index (χ1) is 7.59. The molecule has 0 spiro atoms. The lowest BCUT2D eigenvalue weighted by molar-refractivity contribution is -0.139. The summed E-state index contributed by atoms with van der Waals surface area (Å²) in [4.78, 5) is 21.9. The summed E-state index contributed by atoms with van der Waals surface area (Å²) >= 11 is 0. The maximum atomic E-state index is 11.0. The topological polar surface area (TPSA) is 55.4 Å². The molecule has 1 amide bonds. The molecular weight excluding hydrogens is 206 g/mol. The fourth-order valence-electron chi connectivity index (χ4n) is 1.69. The van der Waals surface area contributed by atoms with Gasteiger partial charge in [0.2, 0.25) is 5.91 Å². The van der Waals surface area contributed by atoms with Crippen molar-refractivity contribution in [2.24, 2.45) is 5.92 Å². The Morgan fingerprint density at radius 1 is 1.56 bits per heavy atom. The van der Waals surface area contributed by atoms with Crippen LogP contribution in [0.5, 0.6) is 0 Å². The minimum atomic E-state index is -0.322. The zero-order valence-corrected chi connectivity index (χ0v) is 9.75. The van der Waals surface area contributed by atoms with Crippen molar-refractivity contribution in [2.75, 3.05) is 13.2 Å². The van der Waals surface area contributed by atoms with E-state index in [2.05, 4.69) is 11.9 Å². The first kappa shape index (κ1) is 12.7. The number of ether oxygens (including phenoxy) is 1. The number of rotatable bonds is 6. The third-order valence-corrected chi connectivity index (χ3v) is 2.65. The Balaban J connectivity index is 1.98. The molecule has 16 heavy (non-hydrogen) atoms. The molecule has 1 aliphatic heterocycles. The van der Waals surface area contributed by atoms with Crippen LogP contribution < -0.4 is 5.32 Å². The summed E-state index contributed by atoms with van der Waals surface area (Å²) in [6.45, 7) is 6.38. The second-order valence-electron chi connectivity index (χ2n) is 4.29. The molecule has 1 atom stereocenters. The van der Waals surface area contributed by atoms with Crippen molar-refractivity contribution in [1.29, 1.82) is 0 Å². The van der Waals surface area contributed by atoms with Crippen LogP contribution in [0.25, 0.3) is 0 Å². The molecule has 1 saturated heterocycles. The van der Waals surface area contributed by atoms with Gasteiger partial charge >= 0.3 is 5.97 Å². The van der Waals surface area contributed by atoms with Gasteiger partial charge in [-0.05, 0) is 32.1 Å². The monoisotopic (exact) mass is 225 g/mol. The van der Waals surface area contributed by atoms with Gasteiger partial charge in [-0.15, -0.1) is 0 Å². The molecular formula is C12H19NO3. The summed E-state index contributed by atoms with van der Waals surface area (Å²) in [7, 11) is 0. The lowest BCUT2D eigenvalue weighted by atomic mass is 10.0. The second-order valence-corrected chi connectivity index (χ2v) is 4.29. The van der Waals surface area contributed by atoms with E-state index in [9.17, 15) is 9.59 Å². The van der Waals surface area contributed by atoms with Crippen LogP contribution in [0.4, 0.5) is 0 Å². The molecule has 1 rings (SSSR count). The highest BCUT2D eigenvalue weighted by atomic mass is 16.5. The van der Waals surface area contributed by atoms with E-state index in [1.54, 1.807) is 6.92 Å². The van der Waals surface area contributed by atoms with Crippen LogP contribution in [-0.2, 0) is 14.3 Å². The number of esters is 1. The van der Waals surface area contributed by atoms with Crippen molar-refractivity contribution in [3.63, 3.8) is 0 Å². The first-order valence-corrected chi connectivity index (χ1v) is 5.69. The average molecular weight is 225 g/mol. The quantitative estimate of drug-likeness (QED) is 0.422. The highest BCUT2D eigenvalue weighted by Crippen LogP contribution is 2.16. The largest absolute Gasteiger partial charge is 0.462 e. The summed E-state index contributed by atoms with van der Waals surface area (Å²) in [5, 5.41) is 2.81. The molecule has 4 heteroatoms. The minimum Gasteiger partial charge on any atom is -0.462 e. The Morgan fingerprint density at radius 3 is 2.88 bits per heavy atom. The average Bonchev–Trinajstić information content (AvgIpc) is 2.63. The van der Waals surface area contributed by atoms with Gasteiger partial charge in [-0.3, -0.25) is 4.79 Å². The SMILES string of the molecule is C=C(C)C(=O)OCCCCC1CNC(=O)C1. The van der Waals surface area contributed by atoms with Crippen LogP contribution in [0.2, 0.25) is 0 Å². The van der Waals surface area contributed by atoms with E-state index in [-0.39, 0.29) is 11.9 Å². The van der Waals surface area contributed by atoms with Crippen LogP contribution in [-0.4, -0.2) is 25.0 Å². The first-order valence-electron chi connectivity index (χ1n) is 5.69. The van der Waals surface area contributed by atoms with Crippen LogP contribution in [0.1, 0.15) is 32.6 Å². The molecule has 0 aromatic rings. The number of hydrogen-bond donors (Lipinski definition) is 1. The molecule has 0 radical (unpaired) electrons. The molecule has 1 aliphatic rings. The van der Waals surface area contributed by atoms with Crippen molar-refractivity contribution in [3.8, 4) is 0 Å². The van der Waals surface area contributed by atoms with Gasteiger partial charge in [-0.25, -0.2) is 4.79 Å². The van der Waals surface area contributed by atoms with Crippen LogP contribution in [0.15, 0.2) is 12.2 Å². The van der Waals surface area contributed by atoms with Crippen molar-refractivity contribution < 1.29 is 14.3 Å². The Hall–Kier alpha value is -1.32. The number of nitrogens with one attached hydrogen (secondary N) is 1. The van der Waals surface area contributed by atoms with Gasteiger partial charge in [0, 0.05) is 18.5 Å². The highest BCUT2D eigenvalue weighted by Gasteiger charge is 2.20. The van der Waals surface area contributed by atoms with E-state index >= 15 is 0 Å². The van der Waals surface area contributed by atoms with Crippen molar-refractivity contribution in [2.45, 2.75) is 32.6 Å². The summed E-state index contributed by atoms with van der Waals surface area (Å²) in [6.07, 6.45) is 3.50. The predicted molar refractivity (Wildman–Crippen MR) is 60.7 cm³/mol. The van der Waals surface area contributed by atoms with Crippen LogP contribution in [0, 0.1) is 5.92 Å². The van der Waals surface area contributed by atoms with Crippen LogP contribution >= 0.6 is 0 Å². The summed E-state index contributed by atoms with van der Waals surface area (Å²) < 4.78 is 4.97. The number of carbonyl (C=O) groups is 2. The minimum absolute atomic E-state index is 0.152. The number of carbonyl (C=O) groups excluding carboxylic acids is 2. The molecule has 0 bridgehead atoms. The van der Waals surface area contributed by atoms with Crippen molar-refractivity contribution >= 4 is 11.9 Å². The predicted octanol–water partition coefficient (Wildman–Crippen LogP) is 1.41. The molecule has 4 nitrogen and oxygen atoms in total. The summed E-state index contributed by atoms with van der Waals surface area (Å²) in [5.41, 5.74) is 0.436. The lowest BCUT2D eigenvalue weighted by Crippen LogP contribution is -2.13. The van der Waals surface area contributed by atoms with Gasteiger partial charge in [0.25, 0.3) is 0 Å². The Morgan fingerprint density at radius 2 is 2.31 bits per heavy atom. The molecule has 90 valence electrons. The molecule has 0 aliphatic carbocycles. The maximum absolute atomic E-state index is 11.0. The van der Waals surface area contributed by atoms with Gasteiger partial charge < -0.3 is 10.1 Å². The molecule has 1 N–H and O–H groups in total. The summed E-state index contributed by atoms with van der Waals surface area (Å²) in [6, 6.07) is 0. The van der Waals surface area contributed by atoms with E-state index in [0.717, 1.165) is 25.8 Å².